The van der Waals surface area contributed by atoms with Gasteiger partial charge in [-0.2, -0.15) is 5.26 Å². The van der Waals surface area contributed by atoms with Crippen molar-refractivity contribution in [2.24, 2.45) is 0 Å². The maximum Gasteiger partial charge on any atom is 0.273 e. The Bertz CT molecular complexity index is 660. The first kappa shape index (κ1) is 12.1. The Morgan fingerprint density at radius 1 is 1.22 bits per heavy atom. The number of nitriles is 1. The van der Waals surface area contributed by atoms with E-state index >= 15 is 0 Å². The van der Waals surface area contributed by atoms with E-state index in [4.69, 9.17) is 5.26 Å². The van der Waals surface area contributed by atoms with Crippen LogP contribution in [-0.2, 0) is 6.42 Å². The fourth-order valence-corrected chi connectivity index (χ4v) is 1.86. The molecule has 18 heavy (non-hydrogen) atoms. The highest BCUT2D eigenvalue weighted by molar-refractivity contribution is 5.40. The lowest BCUT2D eigenvalue weighted by atomic mass is 10.1. The Morgan fingerprint density at radius 2 is 1.89 bits per heavy atom. The molecule has 0 fully saturated rings. The topological polar surface area (TPSA) is 45.8 Å². The Labute approximate surface area is 106 Å². The van der Waals surface area contributed by atoms with E-state index in [9.17, 15) is 4.79 Å². The van der Waals surface area contributed by atoms with Crippen LogP contribution in [0, 0.1) is 18.3 Å². The molecular weight excluding hydrogens is 224 g/mol. The molecule has 2 rings (SSSR count). The fraction of sp³-hybridized carbons (Fsp3) is 0.200. The number of rotatable bonds is 2. The summed E-state index contributed by atoms with van der Waals surface area (Å²) in [4.78, 5) is 12.1. The van der Waals surface area contributed by atoms with Crippen molar-refractivity contribution >= 4 is 0 Å². The summed E-state index contributed by atoms with van der Waals surface area (Å²) < 4.78 is 1.50. The molecular formula is C15H14N2O. The van der Waals surface area contributed by atoms with Crippen molar-refractivity contribution in [3.05, 3.63) is 63.6 Å². The zero-order chi connectivity index (χ0) is 13.1. The normalized spacial score (nSPS) is 10.1. The van der Waals surface area contributed by atoms with Crippen LogP contribution in [0.5, 0.6) is 0 Å². The number of hydrogen-bond acceptors (Lipinski definition) is 2. The maximum absolute atomic E-state index is 12.1. The quantitative estimate of drug-likeness (QED) is 0.807. The lowest BCUT2D eigenvalue weighted by molar-refractivity contribution is 0.969. The summed E-state index contributed by atoms with van der Waals surface area (Å²) in [6, 6.07) is 11.5. The Kier molecular flexibility index (Phi) is 3.29. The molecule has 3 heteroatoms. The molecule has 3 nitrogen and oxygen atoms in total. The summed E-state index contributed by atoms with van der Waals surface area (Å²) in [5.74, 6) is 0. The number of pyridine rings is 1. The standard InChI is InChI=1S/C15H14N2O/c1-3-12-4-6-13(7-5-12)17-9-8-11(2)14(10-16)15(17)18/h4-9H,3H2,1-2H3. The number of aromatic nitrogens is 1. The van der Waals surface area contributed by atoms with E-state index in [-0.39, 0.29) is 11.1 Å². The molecule has 1 aromatic carbocycles. The SMILES string of the molecule is CCc1ccc(-n2ccc(C)c(C#N)c2=O)cc1. The molecule has 2 aromatic rings. The van der Waals surface area contributed by atoms with E-state index in [1.807, 2.05) is 30.3 Å². The van der Waals surface area contributed by atoms with Gasteiger partial charge in [0.2, 0.25) is 0 Å². The van der Waals surface area contributed by atoms with Crippen LogP contribution in [0.15, 0.2) is 41.3 Å². The third kappa shape index (κ3) is 2.05. The predicted octanol–water partition coefficient (Wildman–Crippen LogP) is 2.58. The predicted molar refractivity (Wildman–Crippen MR) is 70.9 cm³/mol. The van der Waals surface area contributed by atoms with Gasteiger partial charge < -0.3 is 0 Å². The molecule has 0 aliphatic heterocycles. The average molecular weight is 238 g/mol. The smallest absolute Gasteiger partial charge is 0.273 e. The first-order chi connectivity index (χ1) is 8.67. The molecule has 0 aliphatic carbocycles. The van der Waals surface area contributed by atoms with E-state index in [1.54, 1.807) is 19.2 Å². The lowest BCUT2D eigenvalue weighted by Crippen LogP contribution is -2.21. The van der Waals surface area contributed by atoms with Crippen molar-refractivity contribution in [3.8, 4) is 11.8 Å². The molecule has 1 aromatic heterocycles. The molecule has 0 radical (unpaired) electrons. The number of hydrogen-bond donors (Lipinski definition) is 0. The summed E-state index contributed by atoms with van der Waals surface area (Å²) >= 11 is 0. The molecule has 0 saturated carbocycles. The van der Waals surface area contributed by atoms with Crippen LogP contribution in [-0.4, -0.2) is 4.57 Å². The highest BCUT2D eigenvalue weighted by atomic mass is 16.1. The number of nitrogens with zero attached hydrogens (tertiary/aromatic N) is 2. The van der Waals surface area contributed by atoms with Crippen LogP contribution in [0.3, 0.4) is 0 Å². The van der Waals surface area contributed by atoms with E-state index in [0.717, 1.165) is 12.1 Å². The van der Waals surface area contributed by atoms with Crippen molar-refractivity contribution < 1.29 is 0 Å². The lowest BCUT2D eigenvalue weighted by Gasteiger charge is -2.08. The van der Waals surface area contributed by atoms with Gasteiger partial charge in [-0.15, -0.1) is 0 Å². The molecule has 1 heterocycles. The van der Waals surface area contributed by atoms with Crippen molar-refractivity contribution in [1.29, 1.82) is 5.26 Å². The van der Waals surface area contributed by atoms with Gasteiger partial charge in [0.1, 0.15) is 11.6 Å². The first-order valence-electron chi connectivity index (χ1n) is 5.89. The van der Waals surface area contributed by atoms with E-state index < -0.39 is 0 Å². The highest BCUT2D eigenvalue weighted by Gasteiger charge is 2.07. The van der Waals surface area contributed by atoms with E-state index in [1.165, 1.54) is 10.1 Å². The second kappa shape index (κ2) is 4.89. The molecule has 0 aliphatic rings. The van der Waals surface area contributed by atoms with Crippen LogP contribution in [0.2, 0.25) is 0 Å². The molecule has 90 valence electrons. The minimum atomic E-state index is -0.262. The monoisotopic (exact) mass is 238 g/mol. The maximum atomic E-state index is 12.1. The minimum absolute atomic E-state index is 0.206. The van der Waals surface area contributed by atoms with E-state index in [0.29, 0.717) is 5.56 Å². The molecule has 0 bridgehead atoms. The third-order valence-electron chi connectivity index (χ3n) is 3.04. The van der Waals surface area contributed by atoms with Gasteiger partial charge in [-0.25, -0.2) is 0 Å². The van der Waals surface area contributed by atoms with Crippen molar-refractivity contribution in [2.75, 3.05) is 0 Å². The first-order valence-corrected chi connectivity index (χ1v) is 5.89. The number of aryl methyl sites for hydroxylation is 2. The van der Waals surface area contributed by atoms with Gasteiger partial charge in [0.05, 0.1) is 0 Å². The minimum Gasteiger partial charge on any atom is -0.283 e. The second-order valence-corrected chi connectivity index (χ2v) is 4.18. The molecule has 0 saturated heterocycles. The Hall–Kier alpha value is -2.34. The van der Waals surface area contributed by atoms with Gasteiger partial charge in [0, 0.05) is 11.9 Å². The van der Waals surface area contributed by atoms with Crippen LogP contribution in [0.4, 0.5) is 0 Å². The summed E-state index contributed by atoms with van der Waals surface area (Å²) in [6.07, 6.45) is 2.67. The molecule has 0 N–H and O–H groups in total. The molecule has 0 atom stereocenters. The summed E-state index contributed by atoms with van der Waals surface area (Å²) in [6.45, 7) is 3.85. The third-order valence-corrected chi connectivity index (χ3v) is 3.04. The van der Waals surface area contributed by atoms with Crippen LogP contribution in [0.25, 0.3) is 5.69 Å². The van der Waals surface area contributed by atoms with Crippen LogP contribution >= 0.6 is 0 Å². The van der Waals surface area contributed by atoms with Crippen LogP contribution < -0.4 is 5.56 Å². The molecule has 0 spiro atoms. The zero-order valence-corrected chi connectivity index (χ0v) is 10.5. The Balaban J connectivity index is 2.58. The highest BCUT2D eigenvalue weighted by Crippen LogP contribution is 2.10. The van der Waals surface area contributed by atoms with Gasteiger partial charge in [0.15, 0.2) is 0 Å². The van der Waals surface area contributed by atoms with Gasteiger partial charge in [-0.3, -0.25) is 9.36 Å². The van der Waals surface area contributed by atoms with Crippen molar-refractivity contribution in [2.45, 2.75) is 20.3 Å². The van der Waals surface area contributed by atoms with Gasteiger partial charge in [-0.05, 0) is 42.7 Å². The van der Waals surface area contributed by atoms with E-state index in [2.05, 4.69) is 6.92 Å². The Morgan fingerprint density at radius 3 is 2.44 bits per heavy atom. The fourth-order valence-electron chi connectivity index (χ4n) is 1.86. The number of benzene rings is 1. The van der Waals surface area contributed by atoms with Crippen molar-refractivity contribution in [3.63, 3.8) is 0 Å². The van der Waals surface area contributed by atoms with Gasteiger partial charge in [0.25, 0.3) is 5.56 Å². The van der Waals surface area contributed by atoms with Crippen LogP contribution in [0.1, 0.15) is 23.6 Å². The second-order valence-electron chi connectivity index (χ2n) is 4.18. The molecule has 0 unspecified atom stereocenters. The average Bonchev–Trinajstić information content (AvgIpc) is 2.40. The summed E-state index contributed by atoms with van der Waals surface area (Å²) in [5.41, 5.74) is 2.66. The van der Waals surface area contributed by atoms with Crippen molar-refractivity contribution in [1.82, 2.24) is 4.57 Å². The van der Waals surface area contributed by atoms with Gasteiger partial charge >= 0.3 is 0 Å². The largest absolute Gasteiger partial charge is 0.283 e. The summed E-state index contributed by atoms with van der Waals surface area (Å²) in [5, 5.41) is 8.99. The van der Waals surface area contributed by atoms with Gasteiger partial charge in [-0.1, -0.05) is 19.1 Å². The zero-order valence-electron chi connectivity index (χ0n) is 10.5. The summed E-state index contributed by atoms with van der Waals surface area (Å²) in [7, 11) is 0. The molecule has 0 amide bonds.